The molecule has 0 spiro atoms. The first-order chi connectivity index (χ1) is 10.1. The van der Waals surface area contributed by atoms with Crippen LogP contribution in [-0.2, 0) is 11.3 Å². The minimum atomic E-state index is -0.0147. The van der Waals surface area contributed by atoms with Gasteiger partial charge in [-0.15, -0.1) is 0 Å². The Morgan fingerprint density at radius 1 is 1.48 bits per heavy atom. The number of urea groups is 1. The van der Waals surface area contributed by atoms with Crippen LogP contribution < -0.4 is 5.32 Å². The van der Waals surface area contributed by atoms with Gasteiger partial charge in [-0.05, 0) is 50.3 Å². The van der Waals surface area contributed by atoms with Gasteiger partial charge in [0.2, 0.25) is 0 Å². The highest BCUT2D eigenvalue weighted by molar-refractivity contribution is 5.74. The normalized spacial score (nSPS) is 25.7. The van der Waals surface area contributed by atoms with Crippen LogP contribution in [0.25, 0.3) is 0 Å². The lowest BCUT2D eigenvalue weighted by Gasteiger charge is -2.37. The lowest BCUT2D eigenvalue weighted by molar-refractivity contribution is -0.0731. The van der Waals surface area contributed by atoms with Crippen LogP contribution in [0.1, 0.15) is 31.0 Å². The fourth-order valence-corrected chi connectivity index (χ4v) is 2.85. The van der Waals surface area contributed by atoms with Gasteiger partial charge in [0, 0.05) is 19.3 Å². The summed E-state index contributed by atoms with van der Waals surface area (Å²) in [5, 5.41) is 2.97. The van der Waals surface area contributed by atoms with Crippen LogP contribution in [0, 0.1) is 12.8 Å². The van der Waals surface area contributed by atoms with Gasteiger partial charge in [-0.1, -0.05) is 0 Å². The highest BCUT2D eigenvalue weighted by atomic mass is 16.5. The van der Waals surface area contributed by atoms with Crippen molar-refractivity contribution >= 4 is 6.03 Å². The molecule has 5 heteroatoms. The average molecular weight is 289 g/mol. The number of ether oxygens (including phenoxy) is 1. The van der Waals surface area contributed by atoms with E-state index in [-0.39, 0.29) is 18.2 Å². The Kier molecular flexibility index (Phi) is 4.10. The number of hydrogen-bond acceptors (Lipinski definition) is 3. The Morgan fingerprint density at radius 2 is 2.29 bits per heavy atom. The summed E-state index contributed by atoms with van der Waals surface area (Å²) in [5.74, 6) is 0.654. The summed E-state index contributed by atoms with van der Waals surface area (Å²) >= 11 is 0. The van der Waals surface area contributed by atoms with E-state index in [0.717, 1.165) is 11.3 Å². The molecule has 1 saturated carbocycles. The third-order valence-electron chi connectivity index (χ3n) is 4.11. The molecule has 3 rings (SSSR count). The van der Waals surface area contributed by atoms with Crippen LogP contribution in [-0.4, -0.2) is 41.2 Å². The zero-order valence-corrected chi connectivity index (χ0v) is 12.7. The second-order valence-corrected chi connectivity index (χ2v) is 6.21. The van der Waals surface area contributed by atoms with Crippen LogP contribution in [0.5, 0.6) is 0 Å². The van der Waals surface area contributed by atoms with Crippen molar-refractivity contribution in [1.29, 1.82) is 0 Å². The molecular weight excluding hydrogens is 266 g/mol. The summed E-state index contributed by atoms with van der Waals surface area (Å²) in [7, 11) is 0. The average Bonchev–Trinajstić information content (AvgIpc) is 3.29. The van der Waals surface area contributed by atoms with Crippen molar-refractivity contribution in [2.45, 2.75) is 45.4 Å². The number of morpholine rings is 1. The summed E-state index contributed by atoms with van der Waals surface area (Å²) in [5.41, 5.74) is 2.05. The quantitative estimate of drug-likeness (QED) is 0.927. The summed E-state index contributed by atoms with van der Waals surface area (Å²) < 4.78 is 5.94. The van der Waals surface area contributed by atoms with Crippen molar-refractivity contribution in [2.24, 2.45) is 5.92 Å². The number of aryl methyl sites for hydroxylation is 1. The first-order valence-corrected chi connectivity index (χ1v) is 7.71. The molecule has 0 aromatic carbocycles. The van der Waals surface area contributed by atoms with Crippen molar-refractivity contribution in [3.05, 3.63) is 29.6 Å². The topological polar surface area (TPSA) is 54.5 Å². The van der Waals surface area contributed by atoms with Gasteiger partial charge in [0.05, 0.1) is 24.4 Å². The highest BCUT2D eigenvalue weighted by Crippen LogP contribution is 2.36. The fourth-order valence-electron chi connectivity index (χ4n) is 2.85. The van der Waals surface area contributed by atoms with E-state index in [1.807, 2.05) is 30.9 Å². The molecule has 2 amide bonds. The first kappa shape index (κ1) is 14.3. The van der Waals surface area contributed by atoms with Crippen LogP contribution in [0.4, 0.5) is 4.79 Å². The van der Waals surface area contributed by atoms with Gasteiger partial charge >= 0.3 is 6.03 Å². The van der Waals surface area contributed by atoms with Crippen molar-refractivity contribution in [3.8, 4) is 0 Å². The van der Waals surface area contributed by atoms with Crippen LogP contribution >= 0.6 is 0 Å². The Labute approximate surface area is 125 Å². The van der Waals surface area contributed by atoms with Gasteiger partial charge in [0.25, 0.3) is 0 Å². The minimum absolute atomic E-state index is 0.0147. The molecule has 1 N–H and O–H groups in total. The number of aromatic nitrogens is 1. The number of pyridine rings is 1. The summed E-state index contributed by atoms with van der Waals surface area (Å²) in [6, 6.07) is 3.93. The maximum absolute atomic E-state index is 12.3. The van der Waals surface area contributed by atoms with Crippen molar-refractivity contribution in [1.82, 2.24) is 15.2 Å². The lowest BCUT2D eigenvalue weighted by atomic mass is 10.1. The number of amides is 2. The molecular formula is C16H23N3O2. The molecule has 2 atom stereocenters. The van der Waals surface area contributed by atoms with Crippen molar-refractivity contribution in [2.75, 3.05) is 13.1 Å². The Morgan fingerprint density at radius 3 is 3.00 bits per heavy atom. The minimum Gasteiger partial charge on any atom is -0.371 e. The summed E-state index contributed by atoms with van der Waals surface area (Å²) in [4.78, 5) is 18.5. The predicted molar refractivity (Wildman–Crippen MR) is 79.8 cm³/mol. The Balaban J connectivity index is 1.54. The third-order valence-corrected chi connectivity index (χ3v) is 4.11. The molecule has 0 radical (unpaired) electrons. The van der Waals surface area contributed by atoms with Gasteiger partial charge < -0.3 is 15.0 Å². The van der Waals surface area contributed by atoms with Gasteiger partial charge in [-0.2, -0.15) is 0 Å². The Bertz CT molecular complexity index is 516. The van der Waals surface area contributed by atoms with E-state index in [0.29, 0.717) is 25.6 Å². The molecule has 2 unspecified atom stereocenters. The molecule has 2 fully saturated rings. The van der Waals surface area contributed by atoms with Crippen molar-refractivity contribution in [3.63, 3.8) is 0 Å². The zero-order chi connectivity index (χ0) is 14.8. The highest BCUT2D eigenvalue weighted by Gasteiger charge is 2.38. The zero-order valence-electron chi connectivity index (χ0n) is 12.7. The fraction of sp³-hybridized carbons (Fsp3) is 0.625. The van der Waals surface area contributed by atoms with E-state index in [1.54, 1.807) is 6.20 Å². The second-order valence-electron chi connectivity index (χ2n) is 6.21. The van der Waals surface area contributed by atoms with Gasteiger partial charge in [-0.25, -0.2) is 4.79 Å². The first-order valence-electron chi connectivity index (χ1n) is 7.71. The van der Waals surface area contributed by atoms with E-state index in [1.165, 1.54) is 12.8 Å². The molecule has 2 heterocycles. The van der Waals surface area contributed by atoms with Crippen LogP contribution in [0.15, 0.2) is 18.3 Å². The number of nitrogens with one attached hydrogen (secondary N) is 1. The maximum atomic E-state index is 12.3. The smallest absolute Gasteiger partial charge is 0.317 e. The number of nitrogens with zero attached hydrogens (tertiary/aromatic N) is 2. The van der Waals surface area contributed by atoms with Gasteiger partial charge in [0.1, 0.15) is 0 Å². The third kappa shape index (κ3) is 3.73. The molecule has 1 aliphatic heterocycles. The number of carbonyl (C=O) groups excluding carboxylic acids is 1. The molecule has 5 nitrogen and oxygen atoms in total. The number of rotatable bonds is 3. The Hall–Kier alpha value is -1.62. The molecule has 0 bridgehead atoms. The largest absolute Gasteiger partial charge is 0.371 e. The van der Waals surface area contributed by atoms with E-state index in [2.05, 4.69) is 10.3 Å². The maximum Gasteiger partial charge on any atom is 0.317 e. The standard InChI is InChI=1S/C16H23N3O2/c1-11-5-6-17-14(7-11)8-18-16(20)19-9-12(2)21-15(10-19)13-3-4-13/h5-7,12-13,15H,3-4,8-10H2,1-2H3,(H,18,20). The monoisotopic (exact) mass is 289 g/mol. The summed E-state index contributed by atoms with van der Waals surface area (Å²) in [6.07, 6.45) is 4.58. The second kappa shape index (κ2) is 6.02. The molecule has 1 aromatic rings. The van der Waals surface area contributed by atoms with E-state index in [4.69, 9.17) is 4.74 Å². The summed E-state index contributed by atoms with van der Waals surface area (Å²) in [6.45, 7) is 5.91. The molecule has 21 heavy (non-hydrogen) atoms. The molecule has 1 saturated heterocycles. The van der Waals surface area contributed by atoms with Gasteiger partial charge in [-0.3, -0.25) is 4.98 Å². The van der Waals surface area contributed by atoms with Crippen LogP contribution in [0.3, 0.4) is 0 Å². The number of hydrogen-bond donors (Lipinski definition) is 1. The van der Waals surface area contributed by atoms with E-state index in [9.17, 15) is 4.79 Å². The van der Waals surface area contributed by atoms with E-state index >= 15 is 0 Å². The SMILES string of the molecule is Cc1ccnc(CNC(=O)N2CC(C)OC(C3CC3)C2)c1. The number of carbonyl (C=O) groups is 1. The van der Waals surface area contributed by atoms with Crippen LogP contribution in [0.2, 0.25) is 0 Å². The van der Waals surface area contributed by atoms with Crippen molar-refractivity contribution < 1.29 is 9.53 Å². The molecule has 2 aliphatic rings. The molecule has 1 aromatic heterocycles. The van der Waals surface area contributed by atoms with E-state index < -0.39 is 0 Å². The molecule has 114 valence electrons. The predicted octanol–water partition coefficient (Wildman–Crippen LogP) is 2.10. The van der Waals surface area contributed by atoms with Gasteiger partial charge in [0.15, 0.2) is 0 Å². The molecule has 1 aliphatic carbocycles. The lowest BCUT2D eigenvalue weighted by Crippen LogP contribution is -2.52.